The molecule has 2 rings (SSSR count). The van der Waals surface area contributed by atoms with Crippen LogP contribution in [0.1, 0.15) is 23.2 Å². The van der Waals surface area contributed by atoms with E-state index in [-0.39, 0.29) is 5.56 Å². The minimum atomic E-state index is -3.87. The van der Waals surface area contributed by atoms with Crippen LogP contribution in [0, 0.1) is 5.92 Å². The fourth-order valence-corrected chi connectivity index (χ4v) is 1.50. The van der Waals surface area contributed by atoms with Crippen molar-refractivity contribution in [3.05, 3.63) is 29.8 Å². The SMILES string of the molecule is O=C(c1cccc(OCC2CC2)c1)C(F)(F)Cl. The van der Waals surface area contributed by atoms with Gasteiger partial charge < -0.3 is 4.74 Å². The number of carbonyl (C=O) groups excluding carboxylic acids is 1. The predicted molar refractivity (Wildman–Crippen MR) is 59.8 cm³/mol. The molecule has 1 aliphatic rings. The van der Waals surface area contributed by atoms with Gasteiger partial charge in [-0.25, -0.2) is 0 Å². The predicted octanol–water partition coefficient (Wildman–Crippen LogP) is 3.49. The van der Waals surface area contributed by atoms with Crippen molar-refractivity contribution in [3.63, 3.8) is 0 Å². The highest BCUT2D eigenvalue weighted by molar-refractivity contribution is 6.35. The van der Waals surface area contributed by atoms with E-state index >= 15 is 0 Å². The summed E-state index contributed by atoms with van der Waals surface area (Å²) in [5.41, 5.74) is -0.140. The summed E-state index contributed by atoms with van der Waals surface area (Å²) in [6.07, 6.45) is 2.27. The molecule has 0 N–H and O–H groups in total. The molecule has 0 aliphatic heterocycles. The third kappa shape index (κ3) is 3.40. The first kappa shape index (κ1) is 12.3. The van der Waals surface area contributed by atoms with E-state index in [9.17, 15) is 13.6 Å². The van der Waals surface area contributed by atoms with Crippen molar-refractivity contribution in [2.45, 2.75) is 18.2 Å². The summed E-state index contributed by atoms with van der Waals surface area (Å²) in [4.78, 5) is 11.2. The summed E-state index contributed by atoms with van der Waals surface area (Å²) < 4.78 is 30.7. The topological polar surface area (TPSA) is 26.3 Å². The Bertz CT molecular complexity index is 425. The number of alkyl halides is 3. The Kier molecular flexibility index (Phi) is 3.33. The summed E-state index contributed by atoms with van der Waals surface area (Å²) in [5, 5.41) is -3.87. The maximum atomic E-state index is 12.6. The standard InChI is InChI=1S/C12H11ClF2O2/c13-12(14,15)11(16)9-2-1-3-10(6-9)17-7-8-4-5-8/h1-3,6,8H,4-5,7H2. The molecular formula is C12H11ClF2O2. The maximum Gasteiger partial charge on any atom is 0.384 e. The minimum absolute atomic E-state index is 0.140. The van der Waals surface area contributed by atoms with Crippen molar-refractivity contribution in [2.24, 2.45) is 5.92 Å². The lowest BCUT2D eigenvalue weighted by Gasteiger charge is -2.09. The van der Waals surface area contributed by atoms with Crippen LogP contribution < -0.4 is 4.74 Å². The molecule has 1 aromatic carbocycles. The van der Waals surface area contributed by atoms with Crippen molar-refractivity contribution >= 4 is 17.4 Å². The van der Waals surface area contributed by atoms with Crippen molar-refractivity contribution < 1.29 is 18.3 Å². The number of hydrogen-bond donors (Lipinski definition) is 0. The smallest absolute Gasteiger partial charge is 0.384 e. The fraction of sp³-hybridized carbons (Fsp3) is 0.417. The fourth-order valence-electron chi connectivity index (χ4n) is 1.39. The summed E-state index contributed by atoms with van der Waals surface area (Å²) in [6.45, 7) is 0.564. The van der Waals surface area contributed by atoms with Crippen LogP contribution in [0.25, 0.3) is 0 Å². The summed E-state index contributed by atoms with van der Waals surface area (Å²) in [6, 6.07) is 5.72. The minimum Gasteiger partial charge on any atom is -0.493 e. The summed E-state index contributed by atoms with van der Waals surface area (Å²) >= 11 is 4.68. The Hall–Kier alpha value is -1.16. The molecule has 1 aliphatic carbocycles. The summed E-state index contributed by atoms with van der Waals surface area (Å²) in [5.74, 6) is -0.427. The molecule has 0 heterocycles. The van der Waals surface area contributed by atoms with Crippen LogP contribution in [0.4, 0.5) is 8.78 Å². The second kappa shape index (κ2) is 4.61. The van der Waals surface area contributed by atoms with E-state index in [2.05, 4.69) is 11.6 Å². The molecule has 1 saturated carbocycles. The first-order valence-corrected chi connectivity index (χ1v) is 5.69. The Morgan fingerprint density at radius 1 is 1.47 bits per heavy atom. The van der Waals surface area contributed by atoms with Crippen LogP contribution in [-0.2, 0) is 0 Å². The maximum absolute atomic E-state index is 12.6. The van der Waals surface area contributed by atoms with E-state index in [4.69, 9.17) is 4.74 Å². The molecule has 0 bridgehead atoms. The number of hydrogen-bond acceptors (Lipinski definition) is 2. The van der Waals surface area contributed by atoms with E-state index in [0.29, 0.717) is 18.3 Å². The lowest BCUT2D eigenvalue weighted by molar-refractivity contribution is 0.0536. The van der Waals surface area contributed by atoms with Gasteiger partial charge in [0.25, 0.3) is 0 Å². The normalized spacial score (nSPS) is 15.7. The number of Topliss-reactive ketones (excluding diaryl/α,β-unsaturated/α-hetero) is 1. The molecule has 17 heavy (non-hydrogen) atoms. The van der Waals surface area contributed by atoms with Crippen LogP contribution in [-0.4, -0.2) is 17.8 Å². The first-order valence-electron chi connectivity index (χ1n) is 5.31. The largest absolute Gasteiger partial charge is 0.493 e. The molecule has 0 spiro atoms. The van der Waals surface area contributed by atoms with Gasteiger partial charge >= 0.3 is 5.38 Å². The van der Waals surface area contributed by atoms with Crippen LogP contribution in [0.3, 0.4) is 0 Å². The van der Waals surface area contributed by atoms with Gasteiger partial charge in [0, 0.05) is 5.56 Å². The molecule has 0 atom stereocenters. The van der Waals surface area contributed by atoms with E-state index in [1.165, 1.54) is 18.2 Å². The van der Waals surface area contributed by atoms with Gasteiger partial charge in [-0.2, -0.15) is 8.78 Å². The van der Waals surface area contributed by atoms with Gasteiger partial charge in [0.05, 0.1) is 6.61 Å². The van der Waals surface area contributed by atoms with Gasteiger partial charge in [0.15, 0.2) is 0 Å². The van der Waals surface area contributed by atoms with Gasteiger partial charge in [0.1, 0.15) is 5.75 Å². The Balaban J connectivity index is 2.07. The van der Waals surface area contributed by atoms with Crippen molar-refractivity contribution in [1.82, 2.24) is 0 Å². The number of carbonyl (C=O) groups is 1. The van der Waals surface area contributed by atoms with Gasteiger partial charge in [-0.1, -0.05) is 12.1 Å². The monoisotopic (exact) mass is 260 g/mol. The van der Waals surface area contributed by atoms with Crippen molar-refractivity contribution in [2.75, 3.05) is 6.61 Å². The molecule has 1 fully saturated rings. The molecular weight excluding hydrogens is 250 g/mol. The molecule has 0 radical (unpaired) electrons. The molecule has 1 aromatic rings. The van der Waals surface area contributed by atoms with Crippen molar-refractivity contribution in [3.8, 4) is 5.75 Å². The molecule has 0 amide bonds. The van der Waals surface area contributed by atoms with Crippen LogP contribution >= 0.6 is 11.6 Å². The lowest BCUT2D eigenvalue weighted by Crippen LogP contribution is -2.21. The average Bonchev–Trinajstić information content (AvgIpc) is 3.08. The van der Waals surface area contributed by atoms with E-state index < -0.39 is 11.2 Å². The zero-order valence-corrected chi connectivity index (χ0v) is 9.71. The van der Waals surface area contributed by atoms with Gasteiger partial charge in [-0.05, 0) is 42.5 Å². The number of benzene rings is 1. The molecule has 2 nitrogen and oxygen atoms in total. The Morgan fingerprint density at radius 2 is 2.18 bits per heavy atom. The molecule has 92 valence electrons. The van der Waals surface area contributed by atoms with Crippen LogP contribution in [0.5, 0.6) is 5.75 Å². The number of ether oxygens (including phenoxy) is 1. The second-order valence-corrected chi connectivity index (χ2v) is 4.58. The van der Waals surface area contributed by atoms with Gasteiger partial charge in [-0.3, -0.25) is 4.79 Å². The molecule has 0 aromatic heterocycles. The van der Waals surface area contributed by atoms with Gasteiger partial charge in [0.2, 0.25) is 5.78 Å². The first-order chi connectivity index (χ1) is 7.97. The second-order valence-electron chi connectivity index (χ2n) is 4.11. The molecule has 5 heteroatoms. The summed E-state index contributed by atoms with van der Waals surface area (Å²) in [7, 11) is 0. The molecule has 0 saturated heterocycles. The third-order valence-corrected chi connectivity index (χ3v) is 2.71. The highest BCUT2D eigenvalue weighted by Gasteiger charge is 2.36. The Labute approximate surface area is 103 Å². The third-order valence-electron chi connectivity index (χ3n) is 2.54. The quantitative estimate of drug-likeness (QED) is 0.598. The highest BCUT2D eigenvalue weighted by atomic mass is 35.5. The number of ketones is 1. The number of rotatable bonds is 5. The lowest BCUT2D eigenvalue weighted by atomic mass is 10.1. The van der Waals surface area contributed by atoms with Crippen LogP contribution in [0.15, 0.2) is 24.3 Å². The van der Waals surface area contributed by atoms with Crippen molar-refractivity contribution in [1.29, 1.82) is 0 Å². The highest BCUT2D eigenvalue weighted by Crippen LogP contribution is 2.30. The molecule has 0 unspecified atom stereocenters. The zero-order valence-electron chi connectivity index (χ0n) is 8.96. The van der Waals surface area contributed by atoms with E-state index in [1.54, 1.807) is 6.07 Å². The number of halogens is 3. The van der Waals surface area contributed by atoms with Crippen LogP contribution in [0.2, 0.25) is 0 Å². The van der Waals surface area contributed by atoms with E-state index in [1.807, 2.05) is 0 Å². The zero-order chi connectivity index (χ0) is 12.5. The average molecular weight is 261 g/mol. The van der Waals surface area contributed by atoms with E-state index in [0.717, 1.165) is 12.8 Å². The Morgan fingerprint density at radius 3 is 2.76 bits per heavy atom. The van der Waals surface area contributed by atoms with Gasteiger partial charge in [-0.15, -0.1) is 0 Å².